The molecule has 0 heterocycles. The van der Waals surface area contributed by atoms with Crippen LogP contribution in [0.2, 0.25) is 0 Å². The number of carbonyl (C=O) groups is 1. The number of allylic oxidation sites excluding steroid dienone is 2. The Hall–Kier alpha value is -0.590. The summed E-state index contributed by atoms with van der Waals surface area (Å²) in [4.78, 5) is 10.7. The second-order valence-corrected chi connectivity index (χ2v) is 4.91. The van der Waals surface area contributed by atoms with Crippen molar-refractivity contribution in [1.82, 2.24) is 0 Å². The molecule has 0 aromatic heterocycles. The number of hydrogen-bond donors (Lipinski definition) is 0. The molecule has 13 heavy (non-hydrogen) atoms. The molecule has 2 aliphatic rings. The van der Waals surface area contributed by atoms with E-state index in [1.165, 1.54) is 12.8 Å². The molecular formula is C12H18O. The first-order valence-electron chi connectivity index (χ1n) is 5.29. The van der Waals surface area contributed by atoms with E-state index in [4.69, 9.17) is 0 Å². The van der Waals surface area contributed by atoms with Gasteiger partial charge in [0.05, 0.1) is 0 Å². The number of carbonyl (C=O) groups excluding carboxylic acids is 1. The molecule has 2 aliphatic carbocycles. The molecule has 0 bridgehead atoms. The Bertz CT molecular complexity index is 254. The topological polar surface area (TPSA) is 17.1 Å². The lowest BCUT2D eigenvalue weighted by Gasteiger charge is -2.40. The van der Waals surface area contributed by atoms with Crippen molar-refractivity contribution < 1.29 is 4.79 Å². The molecule has 1 saturated carbocycles. The van der Waals surface area contributed by atoms with Crippen molar-refractivity contribution in [2.75, 3.05) is 0 Å². The Morgan fingerprint density at radius 3 is 3.08 bits per heavy atom. The first-order valence-corrected chi connectivity index (χ1v) is 5.29. The first-order chi connectivity index (χ1) is 6.16. The second kappa shape index (κ2) is 2.97. The Morgan fingerprint density at radius 1 is 1.62 bits per heavy atom. The van der Waals surface area contributed by atoms with Crippen LogP contribution >= 0.6 is 0 Å². The molecule has 72 valence electrons. The number of hydrogen-bond acceptors (Lipinski definition) is 1. The van der Waals surface area contributed by atoms with Gasteiger partial charge in [0.2, 0.25) is 0 Å². The fraction of sp³-hybridized carbons (Fsp3) is 0.750. The van der Waals surface area contributed by atoms with E-state index in [2.05, 4.69) is 19.9 Å². The van der Waals surface area contributed by atoms with Crippen LogP contribution in [0.15, 0.2) is 11.6 Å². The number of rotatable bonds is 1. The maximum Gasteiger partial charge on any atom is 0.123 e. The SMILES string of the molecule is CC1=CCC2CC(C=O)CCC12C. The van der Waals surface area contributed by atoms with Crippen LogP contribution in [0, 0.1) is 17.3 Å². The van der Waals surface area contributed by atoms with Gasteiger partial charge >= 0.3 is 0 Å². The Morgan fingerprint density at radius 2 is 2.38 bits per heavy atom. The normalized spacial score (nSPS) is 44.0. The molecule has 0 amide bonds. The van der Waals surface area contributed by atoms with Crippen LogP contribution in [0.4, 0.5) is 0 Å². The van der Waals surface area contributed by atoms with E-state index in [0.717, 1.165) is 25.0 Å². The summed E-state index contributed by atoms with van der Waals surface area (Å²) in [5.74, 6) is 1.09. The van der Waals surface area contributed by atoms with Crippen LogP contribution in [0.1, 0.15) is 39.5 Å². The first kappa shape index (κ1) is 8.98. The lowest BCUT2D eigenvalue weighted by atomic mass is 9.64. The minimum Gasteiger partial charge on any atom is -0.303 e. The van der Waals surface area contributed by atoms with Crippen molar-refractivity contribution >= 4 is 6.29 Å². The van der Waals surface area contributed by atoms with Gasteiger partial charge in [-0.25, -0.2) is 0 Å². The van der Waals surface area contributed by atoms with Gasteiger partial charge in [-0.2, -0.15) is 0 Å². The third kappa shape index (κ3) is 1.25. The summed E-state index contributed by atoms with van der Waals surface area (Å²) in [7, 11) is 0. The average molecular weight is 178 g/mol. The monoisotopic (exact) mass is 178 g/mol. The van der Waals surface area contributed by atoms with Crippen molar-refractivity contribution in [3.05, 3.63) is 11.6 Å². The molecule has 0 aliphatic heterocycles. The summed E-state index contributed by atoms with van der Waals surface area (Å²) in [6.07, 6.45) is 8.16. The highest BCUT2D eigenvalue weighted by Gasteiger charge is 2.43. The van der Waals surface area contributed by atoms with Crippen molar-refractivity contribution in [3.63, 3.8) is 0 Å². The van der Waals surface area contributed by atoms with Crippen LogP contribution in [0.25, 0.3) is 0 Å². The molecule has 0 aromatic carbocycles. The fourth-order valence-electron chi connectivity index (χ4n) is 2.98. The molecule has 0 aromatic rings. The number of fused-ring (bicyclic) bond motifs is 1. The third-order valence-electron chi connectivity index (χ3n) is 4.32. The third-order valence-corrected chi connectivity index (χ3v) is 4.32. The molecule has 3 unspecified atom stereocenters. The molecule has 1 nitrogen and oxygen atoms in total. The van der Waals surface area contributed by atoms with Crippen LogP contribution in [-0.4, -0.2) is 6.29 Å². The summed E-state index contributed by atoms with van der Waals surface area (Å²) in [6.45, 7) is 4.62. The van der Waals surface area contributed by atoms with Gasteiger partial charge in [-0.1, -0.05) is 18.6 Å². The van der Waals surface area contributed by atoms with E-state index in [9.17, 15) is 4.79 Å². The van der Waals surface area contributed by atoms with E-state index in [0.29, 0.717) is 11.3 Å². The van der Waals surface area contributed by atoms with Gasteiger partial charge in [-0.3, -0.25) is 0 Å². The van der Waals surface area contributed by atoms with Crippen molar-refractivity contribution in [2.24, 2.45) is 17.3 Å². The predicted molar refractivity (Wildman–Crippen MR) is 53.4 cm³/mol. The molecule has 1 heteroatoms. The highest BCUT2D eigenvalue weighted by Crippen LogP contribution is 2.53. The van der Waals surface area contributed by atoms with Crippen LogP contribution in [-0.2, 0) is 4.79 Å². The van der Waals surface area contributed by atoms with Gasteiger partial charge in [-0.15, -0.1) is 0 Å². The summed E-state index contributed by atoms with van der Waals surface area (Å²) in [5.41, 5.74) is 1.99. The summed E-state index contributed by atoms with van der Waals surface area (Å²) in [5, 5.41) is 0. The van der Waals surface area contributed by atoms with E-state index < -0.39 is 0 Å². The Kier molecular flexibility index (Phi) is 2.05. The highest BCUT2D eigenvalue weighted by molar-refractivity contribution is 5.54. The van der Waals surface area contributed by atoms with E-state index in [-0.39, 0.29) is 0 Å². The predicted octanol–water partition coefficient (Wildman–Crippen LogP) is 2.96. The van der Waals surface area contributed by atoms with Gasteiger partial charge < -0.3 is 4.79 Å². The number of aldehydes is 1. The molecule has 3 atom stereocenters. The van der Waals surface area contributed by atoms with Crippen LogP contribution < -0.4 is 0 Å². The van der Waals surface area contributed by atoms with Crippen molar-refractivity contribution in [2.45, 2.75) is 39.5 Å². The van der Waals surface area contributed by atoms with E-state index in [1.54, 1.807) is 5.57 Å². The zero-order chi connectivity index (χ0) is 9.47. The van der Waals surface area contributed by atoms with Gasteiger partial charge in [-0.05, 0) is 43.9 Å². The maximum atomic E-state index is 10.7. The van der Waals surface area contributed by atoms with Crippen LogP contribution in [0.5, 0.6) is 0 Å². The van der Waals surface area contributed by atoms with Crippen molar-refractivity contribution in [1.29, 1.82) is 0 Å². The van der Waals surface area contributed by atoms with Gasteiger partial charge in [0.25, 0.3) is 0 Å². The van der Waals surface area contributed by atoms with Gasteiger partial charge in [0.15, 0.2) is 0 Å². The zero-order valence-electron chi connectivity index (χ0n) is 8.55. The zero-order valence-corrected chi connectivity index (χ0v) is 8.55. The van der Waals surface area contributed by atoms with Gasteiger partial charge in [0.1, 0.15) is 6.29 Å². The summed E-state index contributed by atoms with van der Waals surface area (Å²) < 4.78 is 0. The minimum atomic E-state index is 0.345. The summed E-state index contributed by atoms with van der Waals surface area (Å²) in [6, 6.07) is 0. The molecule has 0 spiro atoms. The lowest BCUT2D eigenvalue weighted by Crippen LogP contribution is -2.32. The molecular weight excluding hydrogens is 160 g/mol. The standard InChI is InChI=1S/C12H18O/c1-9-3-4-11-7-10(8-13)5-6-12(9,11)2/h3,8,10-11H,4-7H2,1-2H3. The minimum absolute atomic E-state index is 0.345. The smallest absolute Gasteiger partial charge is 0.123 e. The highest BCUT2D eigenvalue weighted by atomic mass is 16.1. The lowest BCUT2D eigenvalue weighted by molar-refractivity contribution is -0.113. The van der Waals surface area contributed by atoms with E-state index in [1.807, 2.05) is 0 Å². The van der Waals surface area contributed by atoms with Gasteiger partial charge in [0, 0.05) is 5.92 Å². The maximum absolute atomic E-state index is 10.7. The second-order valence-electron chi connectivity index (χ2n) is 4.91. The van der Waals surface area contributed by atoms with E-state index >= 15 is 0 Å². The molecule has 2 rings (SSSR count). The summed E-state index contributed by atoms with van der Waals surface area (Å²) >= 11 is 0. The molecule has 0 N–H and O–H groups in total. The largest absolute Gasteiger partial charge is 0.303 e. The quantitative estimate of drug-likeness (QED) is 0.445. The Balaban J connectivity index is 2.15. The molecule has 0 saturated heterocycles. The fourth-order valence-corrected chi connectivity index (χ4v) is 2.98. The average Bonchev–Trinajstić information content (AvgIpc) is 2.43. The van der Waals surface area contributed by atoms with Crippen molar-refractivity contribution in [3.8, 4) is 0 Å². The Labute approximate surface area is 80.2 Å². The van der Waals surface area contributed by atoms with Crippen LogP contribution in [0.3, 0.4) is 0 Å². The molecule has 0 radical (unpaired) electrons. The molecule has 1 fully saturated rings.